The molecular formula is C15H14BrNO3S. The lowest BCUT2D eigenvalue weighted by Crippen LogP contribution is -2.31. The van der Waals surface area contributed by atoms with E-state index in [-0.39, 0.29) is 18.7 Å². The van der Waals surface area contributed by atoms with Crippen LogP contribution >= 0.6 is 27.3 Å². The second-order valence-electron chi connectivity index (χ2n) is 4.53. The van der Waals surface area contributed by atoms with Crippen LogP contribution in [-0.4, -0.2) is 17.0 Å². The summed E-state index contributed by atoms with van der Waals surface area (Å²) in [7, 11) is 0. The van der Waals surface area contributed by atoms with Gasteiger partial charge in [0.05, 0.1) is 18.9 Å². The molecule has 1 amide bonds. The van der Waals surface area contributed by atoms with Crippen LogP contribution in [0.15, 0.2) is 46.3 Å². The summed E-state index contributed by atoms with van der Waals surface area (Å²) in [5.74, 6) is -1.12. The minimum atomic E-state index is -0.948. The third-order valence-corrected chi connectivity index (χ3v) is 4.25. The molecule has 0 unspecified atom stereocenters. The van der Waals surface area contributed by atoms with Gasteiger partial charge in [0.25, 0.3) is 0 Å². The van der Waals surface area contributed by atoms with E-state index < -0.39 is 12.0 Å². The Morgan fingerprint density at radius 1 is 1.29 bits per heavy atom. The van der Waals surface area contributed by atoms with Crippen molar-refractivity contribution >= 4 is 39.1 Å². The van der Waals surface area contributed by atoms with Crippen LogP contribution in [0.4, 0.5) is 0 Å². The zero-order valence-electron chi connectivity index (χ0n) is 11.1. The zero-order chi connectivity index (χ0) is 15.2. The molecule has 21 heavy (non-hydrogen) atoms. The summed E-state index contributed by atoms with van der Waals surface area (Å²) in [6.45, 7) is 0. The van der Waals surface area contributed by atoms with Gasteiger partial charge in [0.1, 0.15) is 0 Å². The average molecular weight is 368 g/mol. The van der Waals surface area contributed by atoms with Crippen LogP contribution in [-0.2, 0) is 16.0 Å². The third-order valence-electron chi connectivity index (χ3n) is 2.88. The number of carbonyl (C=O) groups is 2. The maximum atomic E-state index is 12.1. The number of hydrogen-bond acceptors (Lipinski definition) is 3. The normalized spacial score (nSPS) is 11.9. The van der Waals surface area contributed by atoms with Gasteiger partial charge >= 0.3 is 5.97 Å². The SMILES string of the molecule is O=C(O)C[C@H](NC(=O)Cc1cccs1)c1cccc(Br)c1. The van der Waals surface area contributed by atoms with E-state index in [1.165, 1.54) is 11.3 Å². The number of carboxylic acids is 1. The number of carboxylic acid groups (broad SMARTS) is 1. The highest BCUT2D eigenvalue weighted by Gasteiger charge is 2.18. The maximum absolute atomic E-state index is 12.1. The van der Waals surface area contributed by atoms with Crippen LogP contribution in [0.1, 0.15) is 22.9 Å². The van der Waals surface area contributed by atoms with Crippen molar-refractivity contribution in [2.75, 3.05) is 0 Å². The average Bonchev–Trinajstić information content (AvgIpc) is 2.90. The van der Waals surface area contributed by atoms with Crippen molar-refractivity contribution < 1.29 is 14.7 Å². The molecule has 0 saturated carbocycles. The number of thiophene rings is 1. The summed E-state index contributed by atoms with van der Waals surface area (Å²) in [4.78, 5) is 24.0. The smallest absolute Gasteiger partial charge is 0.305 e. The van der Waals surface area contributed by atoms with Gasteiger partial charge in [-0.1, -0.05) is 34.1 Å². The fourth-order valence-corrected chi connectivity index (χ4v) is 3.09. The molecule has 0 aliphatic rings. The van der Waals surface area contributed by atoms with E-state index in [1.807, 2.05) is 41.8 Å². The standard InChI is InChI=1S/C15H14BrNO3S/c16-11-4-1-3-10(7-11)13(9-15(19)20)17-14(18)8-12-5-2-6-21-12/h1-7,13H,8-9H2,(H,17,18)(H,19,20)/t13-/m0/s1. The number of rotatable bonds is 6. The van der Waals surface area contributed by atoms with Gasteiger partial charge < -0.3 is 10.4 Å². The maximum Gasteiger partial charge on any atom is 0.305 e. The van der Waals surface area contributed by atoms with Gasteiger partial charge in [0, 0.05) is 9.35 Å². The van der Waals surface area contributed by atoms with E-state index in [4.69, 9.17) is 5.11 Å². The third kappa shape index (κ3) is 4.99. The molecule has 4 nitrogen and oxygen atoms in total. The lowest BCUT2D eigenvalue weighted by atomic mass is 10.0. The highest BCUT2D eigenvalue weighted by Crippen LogP contribution is 2.21. The minimum Gasteiger partial charge on any atom is -0.481 e. The Kier molecular flexibility index (Phi) is 5.52. The summed E-state index contributed by atoms with van der Waals surface area (Å²) >= 11 is 4.86. The lowest BCUT2D eigenvalue weighted by Gasteiger charge is -2.17. The number of hydrogen-bond donors (Lipinski definition) is 2. The highest BCUT2D eigenvalue weighted by molar-refractivity contribution is 9.10. The zero-order valence-corrected chi connectivity index (χ0v) is 13.5. The van der Waals surface area contributed by atoms with Gasteiger partial charge in [-0.2, -0.15) is 0 Å². The summed E-state index contributed by atoms with van der Waals surface area (Å²) in [5, 5.41) is 13.7. The van der Waals surface area contributed by atoms with Gasteiger partial charge in [-0.15, -0.1) is 11.3 Å². The largest absolute Gasteiger partial charge is 0.481 e. The topological polar surface area (TPSA) is 66.4 Å². The first-order valence-electron chi connectivity index (χ1n) is 6.33. The summed E-state index contributed by atoms with van der Waals surface area (Å²) in [6.07, 6.45) is 0.119. The van der Waals surface area contributed by atoms with Gasteiger partial charge in [-0.25, -0.2) is 0 Å². The fourth-order valence-electron chi connectivity index (χ4n) is 1.97. The van der Waals surface area contributed by atoms with Crippen LogP contribution in [0.3, 0.4) is 0 Å². The first-order chi connectivity index (χ1) is 10.0. The predicted molar refractivity (Wildman–Crippen MR) is 85.3 cm³/mol. The van der Waals surface area contributed by atoms with E-state index in [0.717, 1.165) is 14.9 Å². The van der Waals surface area contributed by atoms with Crippen molar-refractivity contribution in [2.24, 2.45) is 0 Å². The molecular weight excluding hydrogens is 354 g/mol. The minimum absolute atomic E-state index is 0.146. The Morgan fingerprint density at radius 2 is 2.10 bits per heavy atom. The Morgan fingerprint density at radius 3 is 2.71 bits per heavy atom. The molecule has 0 radical (unpaired) electrons. The van der Waals surface area contributed by atoms with Crippen LogP contribution in [0.5, 0.6) is 0 Å². The Balaban J connectivity index is 2.09. The number of aliphatic carboxylic acids is 1. The first-order valence-corrected chi connectivity index (χ1v) is 8.01. The van der Waals surface area contributed by atoms with Gasteiger partial charge in [0.15, 0.2) is 0 Å². The van der Waals surface area contributed by atoms with E-state index in [1.54, 1.807) is 0 Å². The summed E-state index contributed by atoms with van der Waals surface area (Å²) in [5.41, 5.74) is 0.770. The van der Waals surface area contributed by atoms with Crippen LogP contribution in [0.25, 0.3) is 0 Å². The molecule has 1 aromatic carbocycles. The second kappa shape index (κ2) is 7.38. The predicted octanol–water partition coefficient (Wildman–Crippen LogP) is 3.39. The van der Waals surface area contributed by atoms with E-state index in [9.17, 15) is 9.59 Å². The second-order valence-corrected chi connectivity index (χ2v) is 6.48. The van der Waals surface area contributed by atoms with Crippen LogP contribution < -0.4 is 5.32 Å². The summed E-state index contributed by atoms with van der Waals surface area (Å²) in [6, 6.07) is 10.5. The van der Waals surface area contributed by atoms with Crippen molar-refractivity contribution in [2.45, 2.75) is 18.9 Å². The Bertz CT molecular complexity index is 628. The quantitative estimate of drug-likeness (QED) is 0.822. The molecule has 0 saturated heterocycles. The fraction of sp³-hybridized carbons (Fsp3) is 0.200. The molecule has 0 fully saturated rings. The molecule has 110 valence electrons. The van der Waals surface area contributed by atoms with Crippen LogP contribution in [0, 0.1) is 0 Å². The molecule has 1 heterocycles. The van der Waals surface area contributed by atoms with Gasteiger partial charge in [-0.05, 0) is 29.1 Å². The number of amides is 1. The molecule has 2 N–H and O–H groups in total. The van der Waals surface area contributed by atoms with Crippen molar-refractivity contribution in [3.05, 3.63) is 56.7 Å². The van der Waals surface area contributed by atoms with Gasteiger partial charge in [-0.3, -0.25) is 9.59 Å². The molecule has 1 atom stereocenters. The van der Waals surface area contributed by atoms with Crippen molar-refractivity contribution in [1.82, 2.24) is 5.32 Å². The molecule has 1 aromatic heterocycles. The lowest BCUT2D eigenvalue weighted by molar-refractivity contribution is -0.137. The molecule has 0 aliphatic carbocycles. The summed E-state index contributed by atoms with van der Waals surface area (Å²) < 4.78 is 0.850. The molecule has 0 bridgehead atoms. The number of nitrogens with one attached hydrogen (secondary N) is 1. The van der Waals surface area contributed by atoms with Crippen LogP contribution in [0.2, 0.25) is 0 Å². The first kappa shape index (κ1) is 15.7. The highest BCUT2D eigenvalue weighted by atomic mass is 79.9. The molecule has 6 heteroatoms. The number of halogens is 1. The Labute approximate surface area is 134 Å². The molecule has 0 aliphatic heterocycles. The van der Waals surface area contributed by atoms with Crippen molar-refractivity contribution in [1.29, 1.82) is 0 Å². The molecule has 2 aromatic rings. The van der Waals surface area contributed by atoms with Crippen molar-refractivity contribution in [3.8, 4) is 0 Å². The van der Waals surface area contributed by atoms with E-state index >= 15 is 0 Å². The number of carbonyl (C=O) groups excluding carboxylic acids is 1. The monoisotopic (exact) mass is 367 g/mol. The van der Waals surface area contributed by atoms with E-state index in [0.29, 0.717) is 0 Å². The molecule has 2 rings (SSSR count). The Hall–Kier alpha value is -1.66. The van der Waals surface area contributed by atoms with E-state index in [2.05, 4.69) is 21.2 Å². The number of benzene rings is 1. The van der Waals surface area contributed by atoms with Gasteiger partial charge in [0.2, 0.25) is 5.91 Å². The molecule has 0 spiro atoms. The van der Waals surface area contributed by atoms with Crippen molar-refractivity contribution in [3.63, 3.8) is 0 Å².